The standard InChI is InChI=1S/C20H27N3O3S.ClH/c1-3-14-21-15-16-22-20(24)17-10-12-19(13-11-17)27(25,26)23(4-2)18-8-6-5-7-9-18;/h5-13,21H,3-4,14-16H2,1-2H3,(H,22,24);1H. The summed E-state index contributed by atoms with van der Waals surface area (Å²) >= 11 is 0. The highest BCUT2D eigenvalue weighted by Gasteiger charge is 2.23. The molecule has 0 aliphatic heterocycles. The topological polar surface area (TPSA) is 78.5 Å². The number of carbonyl (C=O) groups is 1. The zero-order chi connectivity index (χ0) is 19.7. The maximum atomic E-state index is 12.9. The highest BCUT2D eigenvalue weighted by atomic mass is 35.5. The van der Waals surface area contributed by atoms with Crippen molar-refractivity contribution in [2.24, 2.45) is 0 Å². The van der Waals surface area contributed by atoms with E-state index >= 15 is 0 Å². The molecule has 0 atom stereocenters. The molecule has 0 aromatic heterocycles. The van der Waals surface area contributed by atoms with Gasteiger partial charge >= 0.3 is 0 Å². The quantitative estimate of drug-likeness (QED) is 0.573. The van der Waals surface area contributed by atoms with Crippen LogP contribution in [0.15, 0.2) is 59.5 Å². The lowest BCUT2D eigenvalue weighted by Crippen LogP contribution is -2.32. The van der Waals surface area contributed by atoms with Crippen LogP contribution in [0.25, 0.3) is 0 Å². The number of benzene rings is 2. The third-order valence-corrected chi connectivity index (χ3v) is 5.97. The minimum Gasteiger partial charge on any atom is -0.351 e. The fourth-order valence-electron chi connectivity index (χ4n) is 2.66. The molecular formula is C20H28ClN3O3S. The fraction of sp³-hybridized carbons (Fsp3) is 0.350. The number of nitrogens with one attached hydrogen (secondary N) is 2. The summed E-state index contributed by atoms with van der Waals surface area (Å²) in [5.74, 6) is -0.215. The van der Waals surface area contributed by atoms with E-state index in [0.29, 0.717) is 30.9 Å². The molecule has 0 aliphatic rings. The molecule has 0 saturated carbocycles. The zero-order valence-electron chi connectivity index (χ0n) is 16.2. The summed E-state index contributed by atoms with van der Waals surface area (Å²) in [6.45, 7) is 6.33. The first-order valence-corrected chi connectivity index (χ1v) is 10.6. The van der Waals surface area contributed by atoms with E-state index in [0.717, 1.165) is 13.0 Å². The fourth-order valence-corrected chi connectivity index (χ4v) is 4.13. The van der Waals surface area contributed by atoms with Crippen LogP contribution in [0.2, 0.25) is 0 Å². The number of hydrogen-bond donors (Lipinski definition) is 2. The Morgan fingerprint density at radius 1 is 0.929 bits per heavy atom. The number of amides is 1. The second kappa shape index (κ2) is 11.7. The lowest BCUT2D eigenvalue weighted by molar-refractivity contribution is 0.0954. The molecule has 0 spiro atoms. The first-order valence-electron chi connectivity index (χ1n) is 9.17. The molecule has 2 N–H and O–H groups in total. The average Bonchev–Trinajstić information content (AvgIpc) is 2.69. The van der Waals surface area contributed by atoms with Gasteiger partial charge in [-0.1, -0.05) is 25.1 Å². The first-order chi connectivity index (χ1) is 13.0. The number of rotatable bonds is 10. The van der Waals surface area contributed by atoms with Gasteiger partial charge in [-0.05, 0) is 56.3 Å². The summed E-state index contributed by atoms with van der Waals surface area (Å²) in [5, 5.41) is 6.02. The molecule has 6 nitrogen and oxygen atoms in total. The van der Waals surface area contributed by atoms with Gasteiger partial charge in [-0.2, -0.15) is 0 Å². The number of anilines is 1. The highest BCUT2D eigenvalue weighted by Crippen LogP contribution is 2.23. The number of sulfonamides is 1. The van der Waals surface area contributed by atoms with Gasteiger partial charge in [0, 0.05) is 25.2 Å². The van der Waals surface area contributed by atoms with Gasteiger partial charge in [0.2, 0.25) is 0 Å². The van der Waals surface area contributed by atoms with E-state index in [-0.39, 0.29) is 23.2 Å². The lowest BCUT2D eigenvalue weighted by atomic mass is 10.2. The number of halogens is 1. The van der Waals surface area contributed by atoms with E-state index in [9.17, 15) is 13.2 Å². The van der Waals surface area contributed by atoms with Crippen molar-refractivity contribution in [1.82, 2.24) is 10.6 Å². The van der Waals surface area contributed by atoms with Crippen LogP contribution in [0.5, 0.6) is 0 Å². The molecule has 0 aliphatic carbocycles. The van der Waals surface area contributed by atoms with Crippen molar-refractivity contribution in [3.8, 4) is 0 Å². The predicted octanol–water partition coefficient (Wildman–Crippen LogP) is 3.05. The van der Waals surface area contributed by atoms with E-state index in [1.807, 2.05) is 6.07 Å². The number of hydrogen-bond acceptors (Lipinski definition) is 4. The maximum absolute atomic E-state index is 12.9. The van der Waals surface area contributed by atoms with Crippen molar-refractivity contribution in [2.45, 2.75) is 25.2 Å². The third-order valence-electron chi connectivity index (χ3n) is 4.05. The summed E-state index contributed by atoms with van der Waals surface area (Å²) in [4.78, 5) is 12.3. The van der Waals surface area contributed by atoms with Gasteiger partial charge < -0.3 is 10.6 Å². The molecule has 2 aromatic rings. The molecule has 0 saturated heterocycles. The molecule has 2 rings (SSSR count). The van der Waals surface area contributed by atoms with Gasteiger partial charge in [-0.15, -0.1) is 12.4 Å². The number of para-hydroxylation sites is 1. The minimum atomic E-state index is -3.68. The molecule has 0 heterocycles. The van der Waals surface area contributed by atoms with Crippen LogP contribution in [0, 0.1) is 0 Å². The highest BCUT2D eigenvalue weighted by molar-refractivity contribution is 7.92. The van der Waals surface area contributed by atoms with Crippen LogP contribution in [0.3, 0.4) is 0 Å². The van der Waals surface area contributed by atoms with Gasteiger partial charge in [0.15, 0.2) is 0 Å². The van der Waals surface area contributed by atoms with Crippen LogP contribution in [0.4, 0.5) is 5.69 Å². The van der Waals surface area contributed by atoms with Crippen LogP contribution >= 0.6 is 12.4 Å². The van der Waals surface area contributed by atoms with E-state index < -0.39 is 10.0 Å². The Hall–Kier alpha value is -2.09. The van der Waals surface area contributed by atoms with Crippen molar-refractivity contribution < 1.29 is 13.2 Å². The first kappa shape index (κ1) is 23.9. The molecule has 2 aromatic carbocycles. The minimum absolute atomic E-state index is 0. The van der Waals surface area contributed by atoms with Crippen LogP contribution < -0.4 is 14.9 Å². The summed E-state index contributed by atoms with van der Waals surface area (Å²) < 4.78 is 27.2. The monoisotopic (exact) mass is 425 g/mol. The molecule has 154 valence electrons. The summed E-state index contributed by atoms with van der Waals surface area (Å²) in [6, 6.07) is 15.0. The third kappa shape index (κ3) is 6.22. The molecule has 0 bridgehead atoms. The van der Waals surface area contributed by atoms with Crippen LogP contribution in [0.1, 0.15) is 30.6 Å². The van der Waals surface area contributed by atoms with E-state index in [4.69, 9.17) is 0 Å². The van der Waals surface area contributed by atoms with Crippen LogP contribution in [-0.2, 0) is 10.0 Å². The summed E-state index contributed by atoms with van der Waals surface area (Å²) in [7, 11) is -3.68. The zero-order valence-corrected chi connectivity index (χ0v) is 17.9. The average molecular weight is 426 g/mol. The van der Waals surface area contributed by atoms with Crippen molar-refractivity contribution in [1.29, 1.82) is 0 Å². The van der Waals surface area contributed by atoms with Crippen LogP contribution in [-0.4, -0.2) is 40.5 Å². The predicted molar refractivity (Wildman–Crippen MR) is 116 cm³/mol. The molecule has 0 radical (unpaired) electrons. The Kier molecular flexibility index (Phi) is 9.99. The molecular weight excluding hydrogens is 398 g/mol. The molecule has 8 heteroatoms. The lowest BCUT2D eigenvalue weighted by Gasteiger charge is -2.23. The smallest absolute Gasteiger partial charge is 0.264 e. The maximum Gasteiger partial charge on any atom is 0.264 e. The molecule has 28 heavy (non-hydrogen) atoms. The Morgan fingerprint density at radius 3 is 2.14 bits per heavy atom. The Labute approximate surface area is 173 Å². The Morgan fingerprint density at radius 2 is 1.57 bits per heavy atom. The van der Waals surface area contributed by atoms with Gasteiger partial charge in [0.25, 0.3) is 15.9 Å². The van der Waals surface area contributed by atoms with Gasteiger partial charge in [0.05, 0.1) is 10.6 Å². The molecule has 1 amide bonds. The number of nitrogens with zero attached hydrogens (tertiary/aromatic N) is 1. The van der Waals surface area contributed by atoms with Gasteiger partial charge in [-0.3, -0.25) is 9.10 Å². The van der Waals surface area contributed by atoms with Crippen molar-refractivity contribution in [3.05, 3.63) is 60.2 Å². The van der Waals surface area contributed by atoms with Crippen molar-refractivity contribution in [3.63, 3.8) is 0 Å². The SMILES string of the molecule is CCCNCCNC(=O)c1ccc(S(=O)(=O)N(CC)c2ccccc2)cc1.Cl. The summed E-state index contributed by atoms with van der Waals surface area (Å²) in [5.41, 5.74) is 1.05. The Bertz CT molecular complexity index is 828. The normalized spacial score (nSPS) is 10.8. The van der Waals surface area contributed by atoms with Crippen molar-refractivity contribution in [2.75, 3.05) is 30.5 Å². The molecule has 0 fully saturated rings. The van der Waals surface area contributed by atoms with Gasteiger partial charge in [0.1, 0.15) is 0 Å². The second-order valence-corrected chi connectivity index (χ2v) is 7.90. The summed E-state index contributed by atoms with van der Waals surface area (Å²) in [6.07, 6.45) is 1.04. The van der Waals surface area contributed by atoms with E-state index in [1.54, 1.807) is 43.3 Å². The largest absolute Gasteiger partial charge is 0.351 e. The Balaban J connectivity index is 0.00000392. The van der Waals surface area contributed by atoms with E-state index in [2.05, 4.69) is 17.6 Å². The number of carbonyl (C=O) groups excluding carboxylic acids is 1. The van der Waals surface area contributed by atoms with Crippen molar-refractivity contribution >= 4 is 34.0 Å². The second-order valence-electron chi connectivity index (χ2n) is 6.04. The van der Waals surface area contributed by atoms with Gasteiger partial charge in [-0.25, -0.2) is 8.42 Å². The molecule has 0 unspecified atom stereocenters. The van der Waals surface area contributed by atoms with E-state index in [1.165, 1.54) is 16.4 Å².